The number of fused-ring (bicyclic) bond motifs is 1. The molecule has 0 aliphatic carbocycles. The Morgan fingerprint density at radius 3 is 3.40 bits per heavy atom. The molecule has 2 heterocycles. The smallest absolute Gasteiger partial charge is 0.0178 e. The third-order valence-corrected chi connectivity index (χ3v) is 2.52. The van der Waals surface area contributed by atoms with Gasteiger partial charge in [0, 0.05) is 38.3 Å². The molecule has 2 rings (SSSR count). The van der Waals surface area contributed by atoms with Gasteiger partial charge in [0.05, 0.1) is 0 Å². The molecule has 0 radical (unpaired) electrons. The summed E-state index contributed by atoms with van der Waals surface area (Å²) in [6.45, 7) is 3.50. The van der Waals surface area contributed by atoms with Crippen molar-refractivity contribution in [2.45, 2.75) is 6.42 Å². The van der Waals surface area contributed by atoms with Crippen LogP contribution in [0.15, 0.2) is 11.8 Å². The molecule has 10 heavy (non-hydrogen) atoms. The number of nitrogens with one attached hydrogen (secondary N) is 1. The fourth-order valence-corrected chi connectivity index (χ4v) is 1.90. The van der Waals surface area contributed by atoms with Crippen LogP contribution in [0.2, 0.25) is 0 Å². The molecule has 0 saturated carbocycles. The van der Waals surface area contributed by atoms with Gasteiger partial charge in [0.15, 0.2) is 0 Å². The minimum absolute atomic E-state index is 0.818. The van der Waals surface area contributed by atoms with Gasteiger partial charge in [-0.3, -0.25) is 0 Å². The first kappa shape index (κ1) is 6.23. The van der Waals surface area contributed by atoms with E-state index in [1.54, 1.807) is 5.70 Å². The van der Waals surface area contributed by atoms with Gasteiger partial charge in [-0.15, -0.1) is 0 Å². The highest BCUT2D eigenvalue weighted by Gasteiger charge is 2.26. The minimum Gasteiger partial charge on any atom is -0.378 e. The first-order valence-corrected chi connectivity index (χ1v) is 4.00. The zero-order valence-corrected chi connectivity index (χ0v) is 6.43. The lowest BCUT2D eigenvalue weighted by Gasteiger charge is -2.21. The molecule has 2 aliphatic heterocycles. The van der Waals surface area contributed by atoms with Crippen molar-refractivity contribution in [2.75, 3.05) is 26.7 Å². The summed E-state index contributed by atoms with van der Waals surface area (Å²) in [5, 5.41) is 3.37. The number of hydrogen-bond acceptors (Lipinski definition) is 2. The largest absolute Gasteiger partial charge is 0.378 e. The van der Waals surface area contributed by atoms with Crippen LogP contribution in [0, 0.1) is 5.92 Å². The Hall–Kier alpha value is -0.500. The summed E-state index contributed by atoms with van der Waals surface area (Å²) in [5.74, 6) is 0.818. The molecule has 1 N–H and O–H groups in total. The van der Waals surface area contributed by atoms with E-state index in [4.69, 9.17) is 0 Å². The fourth-order valence-electron chi connectivity index (χ4n) is 1.90. The maximum atomic E-state index is 3.37. The minimum atomic E-state index is 0.818. The first-order valence-electron chi connectivity index (χ1n) is 4.00. The SMILES string of the molecule is CN1CCC2CNCC=C21. The highest BCUT2D eigenvalue weighted by atomic mass is 15.1. The van der Waals surface area contributed by atoms with Crippen LogP contribution in [0.3, 0.4) is 0 Å². The summed E-state index contributed by atoms with van der Waals surface area (Å²) in [5.41, 5.74) is 1.57. The van der Waals surface area contributed by atoms with Gasteiger partial charge in [-0.1, -0.05) is 6.08 Å². The second-order valence-corrected chi connectivity index (χ2v) is 3.19. The Labute approximate surface area is 61.9 Å². The van der Waals surface area contributed by atoms with Crippen molar-refractivity contribution in [1.82, 2.24) is 10.2 Å². The molecule has 0 spiro atoms. The van der Waals surface area contributed by atoms with Crippen molar-refractivity contribution < 1.29 is 0 Å². The zero-order valence-electron chi connectivity index (χ0n) is 6.43. The van der Waals surface area contributed by atoms with Gasteiger partial charge >= 0.3 is 0 Å². The van der Waals surface area contributed by atoms with Gasteiger partial charge in [0.2, 0.25) is 0 Å². The van der Waals surface area contributed by atoms with E-state index in [1.165, 1.54) is 19.5 Å². The zero-order chi connectivity index (χ0) is 6.97. The van der Waals surface area contributed by atoms with Crippen LogP contribution in [-0.4, -0.2) is 31.6 Å². The van der Waals surface area contributed by atoms with Gasteiger partial charge in [-0.25, -0.2) is 0 Å². The second kappa shape index (κ2) is 2.27. The normalized spacial score (nSPS) is 31.9. The molecule has 0 aromatic carbocycles. The van der Waals surface area contributed by atoms with E-state index < -0.39 is 0 Å². The lowest BCUT2D eigenvalue weighted by atomic mass is 10.0. The summed E-state index contributed by atoms with van der Waals surface area (Å²) >= 11 is 0. The van der Waals surface area contributed by atoms with E-state index in [2.05, 4.69) is 23.3 Å². The molecule has 2 nitrogen and oxygen atoms in total. The molecular formula is C8H14N2. The Kier molecular flexibility index (Phi) is 1.42. The van der Waals surface area contributed by atoms with Crippen molar-refractivity contribution in [3.63, 3.8) is 0 Å². The number of likely N-dealkylation sites (tertiary alicyclic amines) is 1. The van der Waals surface area contributed by atoms with E-state index >= 15 is 0 Å². The molecule has 56 valence electrons. The molecule has 1 saturated heterocycles. The Morgan fingerprint density at radius 2 is 2.60 bits per heavy atom. The summed E-state index contributed by atoms with van der Waals surface area (Å²) < 4.78 is 0. The topological polar surface area (TPSA) is 15.3 Å². The molecule has 0 aromatic heterocycles. The van der Waals surface area contributed by atoms with Crippen LogP contribution in [0.5, 0.6) is 0 Å². The number of hydrogen-bond donors (Lipinski definition) is 1. The van der Waals surface area contributed by atoms with E-state index in [0.717, 1.165) is 12.5 Å². The van der Waals surface area contributed by atoms with Gasteiger partial charge in [-0.2, -0.15) is 0 Å². The van der Waals surface area contributed by atoms with Crippen molar-refractivity contribution in [3.8, 4) is 0 Å². The van der Waals surface area contributed by atoms with Crippen LogP contribution in [0.4, 0.5) is 0 Å². The molecular weight excluding hydrogens is 124 g/mol. The monoisotopic (exact) mass is 138 g/mol. The average Bonchev–Trinajstić information content (AvgIpc) is 2.34. The molecule has 2 aliphatic rings. The van der Waals surface area contributed by atoms with E-state index in [1.807, 2.05) is 0 Å². The lowest BCUT2D eigenvalue weighted by Crippen LogP contribution is -2.29. The standard InChI is InChI=1S/C8H14N2/c1-10-5-3-7-6-9-4-2-8(7)10/h2,7,9H,3-6H2,1H3. The molecule has 0 bridgehead atoms. The third-order valence-electron chi connectivity index (χ3n) is 2.52. The molecule has 1 fully saturated rings. The molecule has 0 aromatic rings. The van der Waals surface area contributed by atoms with Crippen LogP contribution in [0.25, 0.3) is 0 Å². The van der Waals surface area contributed by atoms with Crippen molar-refractivity contribution in [1.29, 1.82) is 0 Å². The number of nitrogens with zero attached hydrogens (tertiary/aromatic N) is 1. The van der Waals surface area contributed by atoms with Crippen LogP contribution >= 0.6 is 0 Å². The predicted molar refractivity (Wildman–Crippen MR) is 41.7 cm³/mol. The summed E-state index contributed by atoms with van der Waals surface area (Å²) in [6, 6.07) is 0. The van der Waals surface area contributed by atoms with E-state index in [9.17, 15) is 0 Å². The molecule has 1 unspecified atom stereocenters. The molecule has 0 amide bonds. The third kappa shape index (κ3) is 0.833. The molecule has 2 heteroatoms. The highest BCUT2D eigenvalue weighted by molar-refractivity contribution is 5.14. The van der Waals surface area contributed by atoms with E-state index in [-0.39, 0.29) is 0 Å². The fraction of sp³-hybridized carbons (Fsp3) is 0.750. The lowest BCUT2D eigenvalue weighted by molar-refractivity contribution is 0.459. The van der Waals surface area contributed by atoms with Crippen molar-refractivity contribution in [3.05, 3.63) is 11.8 Å². The van der Waals surface area contributed by atoms with E-state index in [0.29, 0.717) is 0 Å². The van der Waals surface area contributed by atoms with Crippen LogP contribution in [0.1, 0.15) is 6.42 Å². The maximum Gasteiger partial charge on any atom is 0.0178 e. The number of rotatable bonds is 0. The first-order chi connectivity index (χ1) is 4.88. The van der Waals surface area contributed by atoms with Gasteiger partial charge in [-0.05, 0) is 6.42 Å². The van der Waals surface area contributed by atoms with Crippen molar-refractivity contribution >= 4 is 0 Å². The van der Waals surface area contributed by atoms with Crippen molar-refractivity contribution in [2.24, 2.45) is 5.92 Å². The highest BCUT2D eigenvalue weighted by Crippen LogP contribution is 2.26. The summed E-state index contributed by atoms with van der Waals surface area (Å²) in [6.07, 6.45) is 3.66. The van der Waals surface area contributed by atoms with Crippen LogP contribution < -0.4 is 5.32 Å². The Balaban J connectivity index is 2.19. The van der Waals surface area contributed by atoms with Gasteiger partial charge in [0.1, 0.15) is 0 Å². The maximum absolute atomic E-state index is 3.37. The average molecular weight is 138 g/mol. The Bertz CT molecular complexity index is 163. The van der Waals surface area contributed by atoms with Gasteiger partial charge in [0.25, 0.3) is 0 Å². The predicted octanol–water partition coefficient (Wildman–Crippen LogP) is 0.425. The second-order valence-electron chi connectivity index (χ2n) is 3.19. The van der Waals surface area contributed by atoms with Gasteiger partial charge < -0.3 is 10.2 Å². The van der Waals surface area contributed by atoms with Crippen LogP contribution in [-0.2, 0) is 0 Å². The Morgan fingerprint density at radius 1 is 1.70 bits per heavy atom. The summed E-state index contributed by atoms with van der Waals surface area (Å²) in [7, 11) is 2.19. The summed E-state index contributed by atoms with van der Waals surface area (Å²) in [4.78, 5) is 2.38. The molecule has 1 atom stereocenters. The quantitative estimate of drug-likeness (QED) is 0.522.